The van der Waals surface area contributed by atoms with E-state index >= 15 is 0 Å². The van der Waals surface area contributed by atoms with Crippen LogP contribution in [0.15, 0.2) is 11.1 Å². The Kier molecular flexibility index (Phi) is 2.36. The predicted molar refractivity (Wildman–Crippen MR) is 73.8 cm³/mol. The van der Waals surface area contributed by atoms with Gasteiger partial charge in [0.25, 0.3) is 0 Å². The third-order valence-corrected chi connectivity index (χ3v) is 6.99. The van der Waals surface area contributed by atoms with E-state index in [2.05, 4.69) is 34.6 Å². The Morgan fingerprint density at radius 1 is 1.24 bits per heavy atom. The van der Waals surface area contributed by atoms with E-state index in [0.29, 0.717) is 10.8 Å². The van der Waals surface area contributed by atoms with Gasteiger partial charge in [0, 0.05) is 0 Å². The third-order valence-electron chi connectivity index (χ3n) is 6.99. The molecule has 2 saturated carbocycles. The van der Waals surface area contributed by atoms with Crippen LogP contribution in [0.2, 0.25) is 0 Å². The standard InChI is InChI=1S/C17H28/c1-6-13-9-17-10-14(12(13)3)16(4,5)15(17)8-7-11(17)2/h11,14-15H,6-10H2,1-5H3/t11-,14?,15?,17+/m0/s1. The highest BCUT2D eigenvalue weighted by atomic mass is 14.7. The van der Waals surface area contributed by atoms with Gasteiger partial charge in [-0.15, -0.1) is 0 Å². The largest absolute Gasteiger partial charge is 0.0707 e. The fourth-order valence-electron chi connectivity index (χ4n) is 5.94. The van der Waals surface area contributed by atoms with Crippen LogP contribution in [0, 0.1) is 28.6 Å². The van der Waals surface area contributed by atoms with Crippen molar-refractivity contribution in [1.82, 2.24) is 0 Å². The second kappa shape index (κ2) is 3.39. The van der Waals surface area contributed by atoms with Crippen molar-refractivity contribution in [2.75, 3.05) is 0 Å². The van der Waals surface area contributed by atoms with Gasteiger partial charge in [0.1, 0.15) is 0 Å². The molecule has 0 radical (unpaired) electrons. The van der Waals surface area contributed by atoms with Crippen molar-refractivity contribution in [2.45, 2.75) is 66.7 Å². The summed E-state index contributed by atoms with van der Waals surface area (Å²) in [6.07, 6.45) is 7.20. The number of rotatable bonds is 1. The molecule has 2 fully saturated rings. The van der Waals surface area contributed by atoms with Crippen LogP contribution in [0.4, 0.5) is 0 Å². The van der Waals surface area contributed by atoms with E-state index in [1.165, 1.54) is 32.1 Å². The summed E-state index contributed by atoms with van der Waals surface area (Å²) < 4.78 is 0. The van der Waals surface area contributed by atoms with Crippen LogP contribution >= 0.6 is 0 Å². The molecule has 0 heteroatoms. The third kappa shape index (κ3) is 1.25. The van der Waals surface area contributed by atoms with Gasteiger partial charge in [-0.05, 0) is 67.6 Å². The van der Waals surface area contributed by atoms with Gasteiger partial charge in [-0.1, -0.05) is 38.8 Å². The zero-order valence-corrected chi connectivity index (χ0v) is 12.3. The average Bonchev–Trinajstić information content (AvgIpc) is 2.68. The monoisotopic (exact) mass is 232 g/mol. The van der Waals surface area contributed by atoms with Gasteiger partial charge in [0.05, 0.1) is 0 Å². The van der Waals surface area contributed by atoms with Crippen molar-refractivity contribution < 1.29 is 0 Å². The number of hydrogen-bond acceptors (Lipinski definition) is 0. The quantitative estimate of drug-likeness (QED) is 0.545. The van der Waals surface area contributed by atoms with Crippen LogP contribution in [-0.2, 0) is 0 Å². The molecular weight excluding hydrogens is 204 g/mol. The van der Waals surface area contributed by atoms with Crippen LogP contribution < -0.4 is 0 Å². The van der Waals surface area contributed by atoms with E-state index < -0.39 is 0 Å². The summed E-state index contributed by atoms with van der Waals surface area (Å²) in [5.41, 5.74) is 4.83. The molecule has 0 aromatic heterocycles. The second-order valence-corrected chi connectivity index (χ2v) is 7.66. The Morgan fingerprint density at radius 2 is 1.94 bits per heavy atom. The van der Waals surface area contributed by atoms with Crippen LogP contribution in [0.25, 0.3) is 0 Å². The van der Waals surface area contributed by atoms with Gasteiger partial charge in [0.15, 0.2) is 0 Å². The predicted octanol–water partition coefficient (Wildman–Crippen LogP) is 5.20. The molecule has 96 valence electrons. The van der Waals surface area contributed by atoms with Crippen molar-refractivity contribution in [3.63, 3.8) is 0 Å². The number of hydrogen-bond donors (Lipinski definition) is 0. The summed E-state index contributed by atoms with van der Waals surface area (Å²) in [5, 5.41) is 0. The normalized spacial score (nSPS) is 47.5. The summed E-state index contributed by atoms with van der Waals surface area (Å²) in [6, 6.07) is 0. The molecule has 0 nitrogen and oxygen atoms in total. The first-order valence-corrected chi connectivity index (χ1v) is 7.62. The second-order valence-electron chi connectivity index (χ2n) is 7.66. The molecule has 0 aromatic carbocycles. The SMILES string of the molecule is CCC1=C(C)C2C[C@@]3(C1)C(CC[C@@H]3C)C2(C)C. The lowest BCUT2D eigenvalue weighted by Gasteiger charge is -2.39. The minimum Gasteiger partial charge on any atom is -0.0707 e. The Hall–Kier alpha value is -0.260. The van der Waals surface area contributed by atoms with E-state index in [0.717, 1.165) is 17.8 Å². The number of allylic oxidation sites excluding steroid dienone is 2. The molecule has 3 rings (SSSR count). The fourth-order valence-corrected chi connectivity index (χ4v) is 5.94. The summed E-state index contributed by atoms with van der Waals surface area (Å²) in [7, 11) is 0. The van der Waals surface area contributed by atoms with Crippen molar-refractivity contribution in [3.05, 3.63) is 11.1 Å². The van der Waals surface area contributed by atoms with Crippen LogP contribution in [0.1, 0.15) is 66.7 Å². The number of fused-ring (bicyclic) bond motifs is 1. The highest BCUT2D eigenvalue weighted by molar-refractivity contribution is 5.31. The minimum absolute atomic E-state index is 0.561. The molecule has 0 heterocycles. The lowest BCUT2D eigenvalue weighted by atomic mass is 9.66. The van der Waals surface area contributed by atoms with Crippen molar-refractivity contribution in [1.29, 1.82) is 0 Å². The van der Waals surface area contributed by atoms with E-state index in [1.54, 1.807) is 5.57 Å². The minimum atomic E-state index is 0.561. The zero-order valence-electron chi connectivity index (χ0n) is 12.3. The molecule has 4 atom stereocenters. The molecule has 0 N–H and O–H groups in total. The molecular formula is C17H28. The zero-order chi connectivity index (χ0) is 12.4. The van der Waals surface area contributed by atoms with Crippen LogP contribution in [-0.4, -0.2) is 0 Å². The molecule has 3 aliphatic carbocycles. The maximum Gasteiger partial charge on any atom is -0.0143 e. The Labute approximate surface area is 107 Å². The summed E-state index contributed by atoms with van der Waals surface area (Å²) >= 11 is 0. The van der Waals surface area contributed by atoms with Gasteiger partial charge in [0.2, 0.25) is 0 Å². The maximum atomic E-state index is 2.56. The van der Waals surface area contributed by atoms with E-state index in [1.807, 2.05) is 5.57 Å². The van der Waals surface area contributed by atoms with Gasteiger partial charge in [-0.3, -0.25) is 0 Å². The highest BCUT2D eigenvalue weighted by Gasteiger charge is 2.63. The average molecular weight is 232 g/mol. The van der Waals surface area contributed by atoms with E-state index in [-0.39, 0.29) is 0 Å². The Balaban J connectivity index is 2.12. The molecule has 1 spiro atoms. The van der Waals surface area contributed by atoms with E-state index in [9.17, 15) is 0 Å². The molecule has 2 unspecified atom stereocenters. The van der Waals surface area contributed by atoms with Crippen LogP contribution in [0.5, 0.6) is 0 Å². The van der Waals surface area contributed by atoms with Gasteiger partial charge >= 0.3 is 0 Å². The van der Waals surface area contributed by atoms with Crippen LogP contribution in [0.3, 0.4) is 0 Å². The van der Waals surface area contributed by atoms with Crippen molar-refractivity contribution >= 4 is 0 Å². The molecule has 0 saturated heterocycles. The lowest BCUT2D eigenvalue weighted by molar-refractivity contribution is 0.125. The highest BCUT2D eigenvalue weighted by Crippen LogP contribution is 2.72. The molecule has 0 aliphatic heterocycles. The van der Waals surface area contributed by atoms with Gasteiger partial charge < -0.3 is 0 Å². The topological polar surface area (TPSA) is 0 Å². The molecule has 17 heavy (non-hydrogen) atoms. The smallest absolute Gasteiger partial charge is 0.0143 e. The van der Waals surface area contributed by atoms with Crippen molar-refractivity contribution in [2.24, 2.45) is 28.6 Å². The first-order valence-electron chi connectivity index (χ1n) is 7.62. The molecule has 2 bridgehead atoms. The molecule has 3 aliphatic rings. The Bertz CT molecular complexity index is 373. The van der Waals surface area contributed by atoms with E-state index in [4.69, 9.17) is 0 Å². The molecule has 0 aromatic rings. The first kappa shape index (κ1) is 11.8. The fraction of sp³-hybridized carbons (Fsp3) is 0.882. The summed E-state index contributed by atoms with van der Waals surface area (Å²) in [6.45, 7) is 12.5. The van der Waals surface area contributed by atoms with Crippen molar-refractivity contribution in [3.8, 4) is 0 Å². The van der Waals surface area contributed by atoms with Gasteiger partial charge in [-0.25, -0.2) is 0 Å². The first-order chi connectivity index (χ1) is 7.93. The summed E-state index contributed by atoms with van der Waals surface area (Å²) in [4.78, 5) is 0. The summed E-state index contributed by atoms with van der Waals surface area (Å²) in [5.74, 6) is 2.85. The maximum absolute atomic E-state index is 2.56. The Morgan fingerprint density at radius 3 is 2.59 bits per heavy atom. The lowest BCUT2D eigenvalue weighted by Crippen LogP contribution is -2.31. The molecule has 0 amide bonds. The van der Waals surface area contributed by atoms with Gasteiger partial charge in [-0.2, -0.15) is 0 Å².